The highest BCUT2D eigenvalue weighted by molar-refractivity contribution is 8.16. The van der Waals surface area contributed by atoms with Gasteiger partial charge in [-0.1, -0.05) is 30.3 Å². The summed E-state index contributed by atoms with van der Waals surface area (Å²) < 4.78 is 5.02. The summed E-state index contributed by atoms with van der Waals surface area (Å²) >= 11 is 0.879. The fourth-order valence-electron chi connectivity index (χ4n) is 2.45. The summed E-state index contributed by atoms with van der Waals surface area (Å²) in [5.74, 6) is -0.854. The number of amides is 2. The first-order valence-corrected chi connectivity index (χ1v) is 8.62. The first-order chi connectivity index (χ1) is 12.1. The molecule has 1 fully saturated rings. The third-order valence-electron chi connectivity index (χ3n) is 3.57. The number of nitrogens with one attached hydrogen (secondary N) is 1. The second-order valence-electron chi connectivity index (χ2n) is 5.18. The number of imide groups is 1. The SMILES string of the molecule is CCOC(=O)c1ccccc1N[C@@H]1SC(=O)N(c2ccccc2)C1=O. The summed E-state index contributed by atoms with van der Waals surface area (Å²) in [6.45, 7) is 1.98. The maximum Gasteiger partial charge on any atom is 0.340 e. The van der Waals surface area contributed by atoms with E-state index in [0.717, 1.165) is 16.7 Å². The van der Waals surface area contributed by atoms with Gasteiger partial charge < -0.3 is 10.1 Å². The van der Waals surface area contributed by atoms with Crippen LogP contribution in [0.15, 0.2) is 54.6 Å². The largest absolute Gasteiger partial charge is 0.462 e. The second kappa shape index (κ2) is 7.40. The van der Waals surface area contributed by atoms with Gasteiger partial charge in [-0.3, -0.25) is 9.59 Å². The van der Waals surface area contributed by atoms with Crippen LogP contribution in [-0.4, -0.2) is 29.1 Å². The van der Waals surface area contributed by atoms with Crippen LogP contribution >= 0.6 is 11.8 Å². The summed E-state index contributed by atoms with van der Waals surface area (Å²) in [6.07, 6.45) is 0. The minimum absolute atomic E-state index is 0.255. The van der Waals surface area contributed by atoms with E-state index in [4.69, 9.17) is 4.74 Å². The van der Waals surface area contributed by atoms with Gasteiger partial charge in [-0.25, -0.2) is 9.69 Å². The highest BCUT2D eigenvalue weighted by Crippen LogP contribution is 2.33. The van der Waals surface area contributed by atoms with Crippen LogP contribution in [-0.2, 0) is 9.53 Å². The molecule has 1 saturated heterocycles. The highest BCUT2D eigenvalue weighted by atomic mass is 32.2. The number of hydrogen-bond donors (Lipinski definition) is 1. The van der Waals surface area contributed by atoms with Crippen molar-refractivity contribution in [1.29, 1.82) is 0 Å². The van der Waals surface area contributed by atoms with Gasteiger partial charge in [0.15, 0.2) is 5.37 Å². The number of carbonyl (C=O) groups excluding carboxylic acids is 3. The zero-order valence-corrected chi connectivity index (χ0v) is 14.3. The molecular formula is C18H16N2O4S. The van der Waals surface area contributed by atoms with Crippen LogP contribution in [0.4, 0.5) is 16.2 Å². The molecule has 1 N–H and O–H groups in total. The molecule has 7 heteroatoms. The maximum atomic E-state index is 12.6. The first-order valence-electron chi connectivity index (χ1n) is 7.74. The zero-order chi connectivity index (χ0) is 17.8. The fraction of sp³-hybridized carbons (Fsp3) is 0.167. The van der Waals surface area contributed by atoms with Crippen LogP contribution in [0.5, 0.6) is 0 Å². The van der Waals surface area contributed by atoms with E-state index in [1.807, 2.05) is 6.07 Å². The molecule has 0 bridgehead atoms. The molecule has 0 saturated carbocycles. The number of nitrogens with zero attached hydrogens (tertiary/aromatic N) is 1. The van der Waals surface area contributed by atoms with Crippen LogP contribution < -0.4 is 10.2 Å². The number of hydrogen-bond acceptors (Lipinski definition) is 6. The lowest BCUT2D eigenvalue weighted by atomic mass is 10.2. The van der Waals surface area contributed by atoms with Gasteiger partial charge >= 0.3 is 5.97 Å². The molecule has 3 rings (SSSR count). The third kappa shape index (κ3) is 3.51. The molecule has 1 atom stereocenters. The van der Waals surface area contributed by atoms with Crippen molar-refractivity contribution in [1.82, 2.24) is 0 Å². The molecule has 2 aromatic carbocycles. The van der Waals surface area contributed by atoms with Gasteiger partial charge in [-0.2, -0.15) is 0 Å². The minimum Gasteiger partial charge on any atom is -0.462 e. The van der Waals surface area contributed by atoms with Gasteiger partial charge in [-0.05, 0) is 43.0 Å². The van der Waals surface area contributed by atoms with Crippen molar-refractivity contribution in [2.45, 2.75) is 12.3 Å². The average molecular weight is 356 g/mol. The van der Waals surface area contributed by atoms with E-state index in [2.05, 4.69) is 5.32 Å². The summed E-state index contributed by atoms with van der Waals surface area (Å²) in [7, 11) is 0. The lowest BCUT2D eigenvalue weighted by Crippen LogP contribution is -2.34. The Kier molecular flexibility index (Phi) is 5.04. The van der Waals surface area contributed by atoms with E-state index < -0.39 is 11.3 Å². The number of thioether (sulfide) groups is 1. The van der Waals surface area contributed by atoms with Crippen LogP contribution in [0.3, 0.4) is 0 Å². The molecule has 2 aromatic rings. The Hall–Kier alpha value is -2.80. The second-order valence-corrected chi connectivity index (χ2v) is 6.24. The minimum atomic E-state index is -0.803. The maximum absolute atomic E-state index is 12.6. The van der Waals surface area contributed by atoms with E-state index in [1.165, 1.54) is 0 Å². The van der Waals surface area contributed by atoms with Crippen LogP contribution in [0.1, 0.15) is 17.3 Å². The number of para-hydroxylation sites is 2. The normalized spacial score (nSPS) is 16.8. The summed E-state index contributed by atoms with van der Waals surface area (Å²) in [5.41, 5.74) is 1.30. The zero-order valence-electron chi connectivity index (χ0n) is 13.5. The fourth-order valence-corrected chi connectivity index (χ4v) is 3.34. The molecule has 0 aromatic heterocycles. The lowest BCUT2D eigenvalue weighted by Gasteiger charge is -2.16. The van der Waals surface area contributed by atoms with Crippen LogP contribution in [0.25, 0.3) is 0 Å². The molecule has 128 valence electrons. The molecule has 0 radical (unpaired) electrons. The number of ether oxygens (including phenoxy) is 1. The van der Waals surface area contributed by atoms with Gasteiger partial charge in [0.2, 0.25) is 0 Å². The molecule has 2 amide bonds. The topological polar surface area (TPSA) is 75.7 Å². The Morgan fingerprint density at radius 2 is 1.80 bits per heavy atom. The van der Waals surface area contributed by atoms with E-state index in [1.54, 1.807) is 55.5 Å². The van der Waals surface area contributed by atoms with E-state index in [9.17, 15) is 14.4 Å². The molecule has 6 nitrogen and oxygen atoms in total. The van der Waals surface area contributed by atoms with Crippen molar-refractivity contribution in [2.75, 3.05) is 16.8 Å². The molecule has 0 aliphatic carbocycles. The van der Waals surface area contributed by atoms with Gasteiger partial charge in [-0.15, -0.1) is 0 Å². The van der Waals surface area contributed by atoms with Crippen LogP contribution in [0, 0.1) is 0 Å². The Balaban J connectivity index is 1.82. The summed E-state index contributed by atoms with van der Waals surface area (Å²) in [5, 5.41) is 1.82. The van der Waals surface area contributed by atoms with Crippen molar-refractivity contribution in [3.05, 3.63) is 60.2 Å². The number of esters is 1. The number of carbonyl (C=O) groups is 3. The standard InChI is InChI=1S/C18H16N2O4S/c1-2-24-17(22)13-10-6-7-11-14(13)19-15-16(21)20(18(23)25-15)12-8-4-3-5-9-12/h3-11,15,19H,2H2,1H3/t15-/m1/s1. The van der Waals surface area contributed by atoms with Gasteiger partial charge in [0, 0.05) is 5.69 Å². The molecule has 1 aliphatic rings. The highest BCUT2D eigenvalue weighted by Gasteiger charge is 2.41. The molecule has 25 heavy (non-hydrogen) atoms. The third-order valence-corrected chi connectivity index (χ3v) is 4.51. The Labute approximate surface area is 149 Å². The Bertz CT molecular complexity index is 810. The predicted molar refractivity (Wildman–Crippen MR) is 96.7 cm³/mol. The van der Waals surface area contributed by atoms with Crippen molar-refractivity contribution < 1.29 is 19.1 Å². The molecular weight excluding hydrogens is 340 g/mol. The van der Waals surface area contributed by atoms with E-state index in [0.29, 0.717) is 16.9 Å². The Morgan fingerprint density at radius 1 is 1.12 bits per heavy atom. The average Bonchev–Trinajstić information content (AvgIpc) is 2.90. The van der Waals surface area contributed by atoms with Crippen LogP contribution in [0.2, 0.25) is 0 Å². The Morgan fingerprint density at radius 3 is 2.52 bits per heavy atom. The summed E-state index contributed by atoms with van der Waals surface area (Å²) in [6, 6.07) is 15.5. The monoisotopic (exact) mass is 356 g/mol. The van der Waals surface area contributed by atoms with Crippen molar-refractivity contribution in [3.8, 4) is 0 Å². The number of anilines is 2. The van der Waals surface area contributed by atoms with Gasteiger partial charge in [0.05, 0.1) is 17.9 Å². The number of rotatable bonds is 5. The van der Waals surface area contributed by atoms with Crippen molar-refractivity contribution in [3.63, 3.8) is 0 Å². The quantitative estimate of drug-likeness (QED) is 0.827. The molecule has 1 aliphatic heterocycles. The summed E-state index contributed by atoms with van der Waals surface area (Å²) in [4.78, 5) is 38.1. The van der Waals surface area contributed by atoms with Crippen molar-refractivity contribution in [2.24, 2.45) is 0 Å². The predicted octanol–water partition coefficient (Wildman–Crippen LogP) is 3.50. The molecule has 0 unspecified atom stereocenters. The number of benzene rings is 2. The smallest absolute Gasteiger partial charge is 0.340 e. The van der Waals surface area contributed by atoms with Gasteiger partial charge in [0.1, 0.15) is 0 Å². The molecule has 0 spiro atoms. The molecule has 1 heterocycles. The van der Waals surface area contributed by atoms with Crippen molar-refractivity contribution >= 4 is 40.3 Å². The van der Waals surface area contributed by atoms with E-state index in [-0.39, 0.29) is 17.8 Å². The lowest BCUT2D eigenvalue weighted by molar-refractivity contribution is -0.116. The van der Waals surface area contributed by atoms with E-state index >= 15 is 0 Å². The van der Waals surface area contributed by atoms with Gasteiger partial charge in [0.25, 0.3) is 11.1 Å². The first kappa shape index (κ1) is 17.0.